The Morgan fingerprint density at radius 1 is 0.479 bits per heavy atom. The van der Waals surface area contributed by atoms with Crippen LogP contribution >= 0.6 is 77.2 Å². The van der Waals surface area contributed by atoms with Gasteiger partial charge in [0.25, 0.3) is 0 Å². The van der Waals surface area contributed by atoms with Gasteiger partial charge in [-0.1, -0.05) is 130 Å². The first-order valence-corrected chi connectivity index (χ1v) is 23.3. The fourth-order valence-electron chi connectivity index (χ4n) is 6.81. The van der Waals surface area contributed by atoms with E-state index in [1.54, 1.807) is 34.8 Å². The summed E-state index contributed by atoms with van der Waals surface area (Å²) in [6, 6.07) is 7.76. The minimum Gasteiger partial charge on any atom is -0.205 e. The van der Waals surface area contributed by atoms with Gasteiger partial charge in [-0.15, -0.1) is 45.3 Å². The monoisotopic (exact) mass is 858 g/mol. The molecule has 2 atom stereocenters. The van der Waals surface area contributed by atoms with Crippen LogP contribution < -0.4 is 0 Å². The molecule has 0 spiro atoms. The molecule has 0 bridgehead atoms. The predicted octanol–water partition coefficient (Wildman–Crippen LogP) is 17.4. The smallest absolute Gasteiger partial charge is 0.143 e. The molecule has 48 heavy (non-hydrogen) atoms. The lowest BCUT2D eigenvalue weighted by Gasteiger charge is -2.17. The Balaban J connectivity index is 1.57. The van der Waals surface area contributed by atoms with Gasteiger partial charge in [-0.05, 0) is 91.9 Å². The summed E-state index contributed by atoms with van der Waals surface area (Å²) in [5.74, 6) is 0.639. The van der Waals surface area contributed by atoms with Crippen molar-refractivity contribution >= 4 is 77.2 Å². The van der Waals surface area contributed by atoms with Gasteiger partial charge in [-0.3, -0.25) is 0 Å². The van der Waals surface area contributed by atoms with Crippen LogP contribution in [0.15, 0.2) is 31.8 Å². The normalized spacial score (nSPS) is 13.1. The molecule has 4 aromatic heterocycles. The zero-order valence-corrected chi connectivity index (χ0v) is 35.8. The molecule has 0 aliphatic heterocycles. The molecule has 0 amide bonds. The molecule has 0 aromatic carbocycles. The van der Waals surface area contributed by atoms with Crippen LogP contribution in [0.1, 0.15) is 142 Å². The molecule has 0 N–H and O–H groups in total. The van der Waals surface area contributed by atoms with Crippen molar-refractivity contribution in [3.05, 3.63) is 54.6 Å². The number of thiophene rings is 4. The van der Waals surface area contributed by atoms with E-state index in [4.69, 9.17) is 0 Å². The van der Waals surface area contributed by atoms with Gasteiger partial charge in [0.05, 0.1) is 17.3 Å². The van der Waals surface area contributed by atoms with Crippen LogP contribution in [0.2, 0.25) is 0 Å². The Morgan fingerprint density at radius 2 is 0.854 bits per heavy atom. The van der Waals surface area contributed by atoms with Crippen LogP contribution in [0.5, 0.6) is 0 Å². The third-order valence-corrected chi connectivity index (χ3v) is 15.6. The lowest BCUT2D eigenvalue weighted by molar-refractivity contribution is 0.411. The van der Waals surface area contributed by atoms with Gasteiger partial charge < -0.3 is 0 Å². The summed E-state index contributed by atoms with van der Waals surface area (Å²) < 4.78 is 33.7. The molecule has 8 heteroatoms. The first-order chi connectivity index (χ1) is 23.3. The Hall–Kier alpha value is -0.380. The van der Waals surface area contributed by atoms with Crippen LogP contribution in [0.4, 0.5) is 8.78 Å². The van der Waals surface area contributed by atoms with E-state index in [9.17, 15) is 0 Å². The summed E-state index contributed by atoms with van der Waals surface area (Å²) in [5, 5.41) is 0. The molecule has 4 heterocycles. The molecular formula is C40H54Br2F2S4. The molecule has 0 aliphatic rings. The van der Waals surface area contributed by atoms with Crippen LogP contribution in [-0.4, -0.2) is 0 Å². The third-order valence-electron chi connectivity index (χ3n) is 9.47. The molecule has 0 saturated carbocycles. The first kappa shape index (κ1) is 40.4. The lowest BCUT2D eigenvalue weighted by atomic mass is 9.89. The summed E-state index contributed by atoms with van der Waals surface area (Å²) in [5.41, 5.74) is 2.59. The average molecular weight is 861 g/mol. The maximum atomic E-state index is 15.8. The molecule has 0 nitrogen and oxygen atoms in total. The van der Waals surface area contributed by atoms with Crippen molar-refractivity contribution < 1.29 is 8.78 Å². The number of unbranched alkanes of at least 4 members (excludes halogenated alkanes) is 8. The van der Waals surface area contributed by atoms with Crippen molar-refractivity contribution in [2.75, 3.05) is 0 Å². The minimum absolute atomic E-state index is 0.320. The number of hydrogen-bond donors (Lipinski definition) is 0. The van der Waals surface area contributed by atoms with Crippen molar-refractivity contribution in [2.24, 2.45) is 11.8 Å². The van der Waals surface area contributed by atoms with Crippen molar-refractivity contribution in [1.29, 1.82) is 0 Å². The summed E-state index contributed by atoms with van der Waals surface area (Å²) in [6.45, 7) is 9.06. The largest absolute Gasteiger partial charge is 0.205 e. The van der Waals surface area contributed by atoms with E-state index in [0.717, 1.165) is 39.9 Å². The summed E-state index contributed by atoms with van der Waals surface area (Å²) >= 11 is 13.6. The Kier molecular flexibility index (Phi) is 17.9. The number of halogens is 4. The van der Waals surface area contributed by atoms with E-state index in [1.165, 1.54) is 137 Å². The van der Waals surface area contributed by atoms with E-state index >= 15 is 8.78 Å². The molecular weight excluding hydrogens is 807 g/mol. The maximum Gasteiger partial charge on any atom is 0.143 e. The average Bonchev–Trinajstić information content (AvgIpc) is 3.83. The van der Waals surface area contributed by atoms with E-state index < -0.39 is 0 Å². The highest BCUT2D eigenvalue weighted by Gasteiger charge is 2.24. The van der Waals surface area contributed by atoms with Gasteiger partial charge in [0.2, 0.25) is 0 Å². The van der Waals surface area contributed by atoms with Crippen molar-refractivity contribution in [1.82, 2.24) is 0 Å². The van der Waals surface area contributed by atoms with Crippen molar-refractivity contribution in [2.45, 2.75) is 143 Å². The SMILES string of the molecule is CCCCCCC(CCCC)Cc1cc(Br)sc1-c1cc(F)c(-c2sc(-c3sc(Br)cc3CC(CCCC)CCCCCC)cc2F)s1. The van der Waals surface area contributed by atoms with Crippen LogP contribution in [0, 0.1) is 23.5 Å². The highest BCUT2D eigenvalue weighted by Crippen LogP contribution is 2.49. The van der Waals surface area contributed by atoms with Crippen LogP contribution in [0.3, 0.4) is 0 Å². The fraction of sp³-hybridized carbons (Fsp3) is 0.600. The van der Waals surface area contributed by atoms with Gasteiger partial charge >= 0.3 is 0 Å². The van der Waals surface area contributed by atoms with Crippen LogP contribution in [0.25, 0.3) is 29.3 Å². The Labute approximate surface area is 322 Å². The van der Waals surface area contributed by atoms with E-state index in [1.807, 2.05) is 0 Å². The van der Waals surface area contributed by atoms with Gasteiger partial charge in [-0.2, -0.15) is 0 Å². The molecule has 0 fully saturated rings. The summed E-state index contributed by atoms with van der Waals surface area (Å²) in [4.78, 5) is 4.92. The molecule has 0 aliphatic carbocycles. The van der Waals surface area contributed by atoms with Gasteiger partial charge in [-0.25, -0.2) is 8.78 Å². The fourth-order valence-corrected chi connectivity index (χ4v) is 12.6. The molecule has 4 aromatic rings. The number of rotatable bonds is 23. The second kappa shape index (κ2) is 21.2. The van der Waals surface area contributed by atoms with Gasteiger partial charge in [0.1, 0.15) is 11.6 Å². The van der Waals surface area contributed by atoms with Gasteiger partial charge in [0, 0.05) is 19.5 Å². The third kappa shape index (κ3) is 11.8. The van der Waals surface area contributed by atoms with Crippen molar-refractivity contribution in [3.63, 3.8) is 0 Å². The number of hydrogen-bond acceptors (Lipinski definition) is 4. The maximum absolute atomic E-state index is 15.8. The van der Waals surface area contributed by atoms with Crippen LogP contribution in [-0.2, 0) is 12.8 Å². The lowest BCUT2D eigenvalue weighted by Crippen LogP contribution is -2.05. The zero-order valence-electron chi connectivity index (χ0n) is 29.3. The quantitative estimate of drug-likeness (QED) is 0.0652. The highest BCUT2D eigenvalue weighted by atomic mass is 79.9. The van der Waals surface area contributed by atoms with E-state index in [-0.39, 0.29) is 11.6 Å². The second-order valence-electron chi connectivity index (χ2n) is 13.5. The van der Waals surface area contributed by atoms with Crippen molar-refractivity contribution in [3.8, 4) is 29.3 Å². The molecule has 0 radical (unpaired) electrons. The van der Waals surface area contributed by atoms with E-state index in [2.05, 4.69) is 71.7 Å². The van der Waals surface area contributed by atoms with E-state index in [0.29, 0.717) is 21.6 Å². The highest BCUT2D eigenvalue weighted by molar-refractivity contribution is 9.11. The molecule has 4 rings (SSSR count). The summed E-state index contributed by atoms with van der Waals surface area (Å²) in [6.07, 6.45) is 22.2. The zero-order chi connectivity index (χ0) is 34.5. The Morgan fingerprint density at radius 3 is 1.23 bits per heavy atom. The molecule has 0 saturated heterocycles. The Bertz CT molecular complexity index is 1400. The molecule has 266 valence electrons. The topological polar surface area (TPSA) is 0 Å². The second-order valence-corrected chi connectivity index (χ2v) is 20.5. The standard InChI is InChI=1S/C40H54Br2F2S4/c1-5-9-13-15-19-27(17-11-7-3)21-29-23-35(41)47-37(29)33-25-31(43)39(45-33)40-32(44)26-34(46-40)38-30(24-36(42)48-38)22-28(18-12-8-4)20-16-14-10-6-2/h23-28H,5-22H2,1-4H3. The first-order valence-electron chi connectivity index (χ1n) is 18.4. The predicted molar refractivity (Wildman–Crippen MR) is 221 cm³/mol. The van der Waals surface area contributed by atoms with Gasteiger partial charge in [0.15, 0.2) is 0 Å². The minimum atomic E-state index is -0.320. The molecule has 2 unspecified atom stereocenters. The summed E-state index contributed by atoms with van der Waals surface area (Å²) in [7, 11) is 0.